The maximum Gasteiger partial charge on any atom is 0.0803 e. The van der Waals surface area contributed by atoms with Gasteiger partial charge in [-0.25, -0.2) is 0 Å². The minimum absolute atomic E-state index is 0.0782. The van der Waals surface area contributed by atoms with Gasteiger partial charge in [-0.2, -0.15) is 0 Å². The third-order valence-corrected chi connectivity index (χ3v) is 4.08. The molecule has 118 valence electrons. The predicted molar refractivity (Wildman–Crippen MR) is 79.1 cm³/mol. The van der Waals surface area contributed by atoms with E-state index in [1.54, 1.807) is 0 Å². The Morgan fingerprint density at radius 2 is 2.30 bits per heavy atom. The zero-order chi connectivity index (χ0) is 14.4. The van der Waals surface area contributed by atoms with Crippen LogP contribution in [0.4, 0.5) is 0 Å². The molecule has 2 aliphatic rings. The highest BCUT2D eigenvalue weighted by atomic mass is 16.5. The smallest absolute Gasteiger partial charge is 0.0803 e. The van der Waals surface area contributed by atoms with E-state index >= 15 is 0 Å². The van der Waals surface area contributed by atoms with Gasteiger partial charge in [-0.15, -0.1) is 0 Å². The minimum Gasteiger partial charge on any atom is -0.377 e. The Labute approximate surface area is 122 Å². The molecule has 5 heteroatoms. The van der Waals surface area contributed by atoms with Gasteiger partial charge >= 0.3 is 0 Å². The number of hydrogen-bond donors (Lipinski definition) is 1. The molecule has 0 saturated carbocycles. The Balaban J connectivity index is 1.61. The maximum absolute atomic E-state index is 5.96. The van der Waals surface area contributed by atoms with Crippen LogP contribution in [0.3, 0.4) is 0 Å². The molecule has 0 spiro atoms. The number of ether oxygens (including phenoxy) is 3. The molecule has 3 unspecified atom stereocenters. The van der Waals surface area contributed by atoms with Crippen LogP contribution in [-0.4, -0.2) is 75.3 Å². The largest absolute Gasteiger partial charge is 0.377 e. The summed E-state index contributed by atoms with van der Waals surface area (Å²) in [6, 6.07) is 0. The van der Waals surface area contributed by atoms with E-state index < -0.39 is 0 Å². The van der Waals surface area contributed by atoms with Crippen LogP contribution in [0, 0.1) is 0 Å². The van der Waals surface area contributed by atoms with E-state index in [9.17, 15) is 0 Å². The Kier molecular flexibility index (Phi) is 6.23. The van der Waals surface area contributed by atoms with Crippen LogP contribution in [0.5, 0.6) is 0 Å². The van der Waals surface area contributed by atoms with Gasteiger partial charge in [0.25, 0.3) is 0 Å². The standard InChI is InChI=1S/C15H30N2O3/c1-13(10-15(3)12-16-4-7-20-15)18-8-5-17-6-9-19-14(2)11-17/h13-14,16H,4-12H2,1-3H3. The number of morpholine rings is 2. The lowest BCUT2D eigenvalue weighted by atomic mass is 9.97. The second-order valence-electron chi connectivity index (χ2n) is 6.34. The summed E-state index contributed by atoms with van der Waals surface area (Å²) in [6.07, 6.45) is 1.53. The maximum atomic E-state index is 5.96. The monoisotopic (exact) mass is 286 g/mol. The zero-order valence-corrected chi connectivity index (χ0v) is 13.2. The van der Waals surface area contributed by atoms with Crippen molar-refractivity contribution in [1.29, 1.82) is 0 Å². The molecule has 1 N–H and O–H groups in total. The lowest BCUT2D eigenvalue weighted by Gasteiger charge is -2.36. The summed E-state index contributed by atoms with van der Waals surface area (Å²) < 4.78 is 17.4. The molecular formula is C15H30N2O3. The molecule has 0 aliphatic carbocycles. The van der Waals surface area contributed by atoms with E-state index in [4.69, 9.17) is 14.2 Å². The molecule has 2 fully saturated rings. The molecule has 0 radical (unpaired) electrons. The van der Waals surface area contributed by atoms with Crippen LogP contribution in [0.15, 0.2) is 0 Å². The number of hydrogen-bond acceptors (Lipinski definition) is 5. The molecule has 2 saturated heterocycles. The number of nitrogens with one attached hydrogen (secondary N) is 1. The highest BCUT2D eigenvalue weighted by Gasteiger charge is 2.30. The summed E-state index contributed by atoms with van der Waals surface area (Å²) >= 11 is 0. The first-order chi connectivity index (χ1) is 9.57. The van der Waals surface area contributed by atoms with E-state index in [1.807, 2.05) is 0 Å². The van der Waals surface area contributed by atoms with Crippen LogP contribution in [0.25, 0.3) is 0 Å². The number of nitrogens with zero attached hydrogens (tertiary/aromatic N) is 1. The van der Waals surface area contributed by atoms with Crippen LogP contribution >= 0.6 is 0 Å². The predicted octanol–water partition coefficient (Wildman–Crippen LogP) is 0.881. The molecule has 0 bridgehead atoms. The third-order valence-electron chi connectivity index (χ3n) is 4.08. The van der Waals surface area contributed by atoms with Crippen molar-refractivity contribution in [3.63, 3.8) is 0 Å². The molecule has 5 nitrogen and oxygen atoms in total. The molecule has 0 aromatic heterocycles. The van der Waals surface area contributed by atoms with Crippen LogP contribution in [0.2, 0.25) is 0 Å². The molecule has 20 heavy (non-hydrogen) atoms. The van der Waals surface area contributed by atoms with Crippen molar-refractivity contribution >= 4 is 0 Å². The third kappa shape index (κ3) is 5.30. The summed E-state index contributed by atoms with van der Waals surface area (Å²) in [4.78, 5) is 2.42. The summed E-state index contributed by atoms with van der Waals surface area (Å²) in [5, 5.41) is 3.39. The summed E-state index contributed by atoms with van der Waals surface area (Å²) in [5.41, 5.74) is -0.0782. The SMILES string of the molecule is CC1CN(CCOC(C)CC2(C)CNCCO2)CCO1. The molecular weight excluding hydrogens is 256 g/mol. The highest BCUT2D eigenvalue weighted by Crippen LogP contribution is 2.20. The Hall–Kier alpha value is -0.200. The van der Waals surface area contributed by atoms with E-state index in [-0.39, 0.29) is 11.7 Å². The normalized spacial score (nSPS) is 34.0. The van der Waals surface area contributed by atoms with E-state index in [1.165, 1.54) is 0 Å². The van der Waals surface area contributed by atoms with Gasteiger partial charge < -0.3 is 19.5 Å². The molecule has 0 amide bonds. The van der Waals surface area contributed by atoms with E-state index in [2.05, 4.69) is 31.0 Å². The first-order valence-corrected chi connectivity index (χ1v) is 7.88. The van der Waals surface area contributed by atoms with Crippen molar-refractivity contribution in [1.82, 2.24) is 10.2 Å². The average Bonchev–Trinajstić information content (AvgIpc) is 2.39. The van der Waals surface area contributed by atoms with Crippen molar-refractivity contribution in [2.45, 2.75) is 45.0 Å². The summed E-state index contributed by atoms with van der Waals surface area (Å²) in [6.45, 7) is 13.8. The van der Waals surface area contributed by atoms with Crippen molar-refractivity contribution < 1.29 is 14.2 Å². The van der Waals surface area contributed by atoms with E-state index in [0.29, 0.717) is 6.10 Å². The average molecular weight is 286 g/mol. The second-order valence-corrected chi connectivity index (χ2v) is 6.34. The van der Waals surface area contributed by atoms with Crippen molar-refractivity contribution in [2.75, 3.05) is 52.5 Å². The molecule has 2 aliphatic heterocycles. The highest BCUT2D eigenvalue weighted by molar-refractivity contribution is 4.83. The fourth-order valence-corrected chi connectivity index (χ4v) is 3.05. The fraction of sp³-hybridized carbons (Fsp3) is 1.00. The Morgan fingerprint density at radius 1 is 1.45 bits per heavy atom. The van der Waals surface area contributed by atoms with Gasteiger partial charge in [0.1, 0.15) is 0 Å². The van der Waals surface area contributed by atoms with Gasteiger partial charge in [0, 0.05) is 39.1 Å². The van der Waals surface area contributed by atoms with Gasteiger partial charge in [0.2, 0.25) is 0 Å². The second kappa shape index (κ2) is 7.71. The molecule has 3 atom stereocenters. The van der Waals surface area contributed by atoms with Gasteiger partial charge in [0.05, 0.1) is 37.6 Å². The number of rotatable bonds is 6. The lowest BCUT2D eigenvalue weighted by molar-refractivity contribution is -0.0904. The lowest BCUT2D eigenvalue weighted by Crippen LogP contribution is -2.49. The van der Waals surface area contributed by atoms with Gasteiger partial charge in [0.15, 0.2) is 0 Å². The molecule has 2 heterocycles. The van der Waals surface area contributed by atoms with Crippen LogP contribution in [0.1, 0.15) is 27.2 Å². The topological polar surface area (TPSA) is 43.0 Å². The minimum atomic E-state index is -0.0782. The summed E-state index contributed by atoms with van der Waals surface area (Å²) in [7, 11) is 0. The Bertz CT molecular complexity index is 282. The summed E-state index contributed by atoms with van der Waals surface area (Å²) in [5.74, 6) is 0. The van der Waals surface area contributed by atoms with Crippen molar-refractivity contribution in [2.24, 2.45) is 0 Å². The Morgan fingerprint density at radius 3 is 3.00 bits per heavy atom. The quantitative estimate of drug-likeness (QED) is 0.785. The fourth-order valence-electron chi connectivity index (χ4n) is 3.05. The van der Waals surface area contributed by atoms with E-state index in [0.717, 1.165) is 59.0 Å². The first-order valence-electron chi connectivity index (χ1n) is 7.88. The zero-order valence-electron chi connectivity index (χ0n) is 13.2. The van der Waals surface area contributed by atoms with Gasteiger partial charge in [-0.05, 0) is 20.8 Å². The van der Waals surface area contributed by atoms with Crippen molar-refractivity contribution in [3.05, 3.63) is 0 Å². The molecule has 2 rings (SSSR count). The molecule has 0 aromatic carbocycles. The van der Waals surface area contributed by atoms with Gasteiger partial charge in [-0.1, -0.05) is 0 Å². The van der Waals surface area contributed by atoms with Crippen molar-refractivity contribution in [3.8, 4) is 0 Å². The van der Waals surface area contributed by atoms with Crippen LogP contribution in [-0.2, 0) is 14.2 Å². The first kappa shape index (κ1) is 16.2. The molecule has 0 aromatic rings. The van der Waals surface area contributed by atoms with Gasteiger partial charge in [-0.3, -0.25) is 4.90 Å². The van der Waals surface area contributed by atoms with Crippen LogP contribution < -0.4 is 5.32 Å².